The molecular weight excluding hydrogens is 357 g/mol. The molecule has 0 rings (SSSR count). The predicted molar refractivity (Wildman–Crippen MR) is 94.1 cm³/mol. The fraction of sp³-hybridized carbons (Fsp3) is 1.00. The molecule has 0 saturated heterocycles. The summed E-state index contributed by atoms with van der Waals surface area (Å²) in [7, 11) is -9.89. The van der Waals surface area contributed by atoms with E-state index in [2.05, 4.69) is 20.8 Å². The van der Waals surface area contributed by atoms with Crippen LogP contribution >= 0.6 is 7.81 Å². The molecule has 0 aliphatic rings. The summed E-state index contributed by atoms with van der Waals surface area (Å²) in [5.41, 5.74) is 0. The standard InChI is InChI=1S/C15H33S.F6P/c1-4-7-10-11-12-15-16(13-8-5-2)14-9-6-3;1-7(2,3,4,5)6/h4-15H2,1-3H3;/q+1;-1. The van der Waals surface area contributed by atoms with E-state index in [1.807, 2.05) is 0 Å². The average Bonchev–Trinajstić information content (AvgIpc) is 2.37. The molecule has 0 nitrogen and oxygen atoms in total. The number of rotatable bonds is 12. The van der Waals surface area contributed by atoms with E-state index >= 15 is 0 Å². The molecule has 0 N–H and O–H groups in total. The summed E-state index contributed by atoms with van der Waals surface area (Å²) >= 11 is 0. The van der Waals surface area contributed by atoms with Crippen LogP contribution in [0.4, 0.5) is 25.2 Å². The van der Waals surface area contributed by atoms with Gasteiger partial charge >= 0.3 is 33.0 Å². The van der Waals surface area contributed by atoms with Crippen molar-refractivity contribution in [3.05, 3.63) is 0 Å². The van der Waals surface area contributed by atoms with Gasteiger partial charge in [-0.15, -0.1) is 0 Å². The molecule has 0 heterocycles. The molecule has 0 atom stereocenters. The minimum atomic E-state index is -10.7. The van der Waals surface area contributed by atoms with Crippen LogP contribution in [0.15, 0.2) is 0 Å². The Bertz CT molecular complexity index is 258. The third-order valence-electron chi connectivity index (χ3n) is 3.11. The second-order valence-electron chi connectivity index (χ2n) is 5.80. The summed E-state index contributed by atoms with van der Waals surface area (Å²) in [6.45, 7) is 6.94. The van der Waals surface area contributed by atoms with Crippen LogP contribution in [0.5, 0.6) is 0 Å². The number of hydrogen-bond acceptors (Lipinski definition) is 0. The zero-order valence-corrected chi connectivity index (χ0v) is 16.3. The average molecular weight is 390 g/mol. The molecule has 0 spiro atoms. The van der Waals surface area contributed by atoms with E-state index in [1.54, 1.807) is 0 Å². The molecule has 0 fully saturated rings. The quantitative estimate of drug-likeness (QED) is 0.135. The molecule has 0 saturated carbocycles. The van der Waals surface area contributed by atoms with Gasteiger partial charge in [-0.3, -0.25) is 0 Å². The zero-order chi connectivity index (χ0) is 18.5. The summed E-state index contributed by atoms with van der Waals surface area (Å²) < 4.78 is 59.2. The maximum atomic E-state index is 9.87. The monoisotopic (exact) mass is 390 g/mol. The molecule has 8 heteroatoms. The molecule has 0 unspecified atom stereocenters. The van der Waals surface area contributed by atoms with Crippen molar-refractivity contribution in [1.29, 1.82) is 0 Å². The van der Waals surface area contributed by atoms with Crippen LogP contribution in [-0.2, 0) is 10.9 Å². The predicted octanol–water partition coefficient (Wildman–Crippen LogP) is 8.56. The van der Waals surface area contributed by atoms with E-state index in [9.17, 15) is 25.2 Å². The van der Waals surface area contributed by atoms with Crippen molar-refractivity contribution in [3.63, 3.8) is 0 Å². The molecule has 0 aromatic heterocycles. The van der Waals surface area contributed by atoms with Crippen molar-refractivity contribution in [2.24, 2.45) is 0 Å². The van der Waals surface area contributed by atoms with Gasteiger partial charge in [0.2, 0.25) is 0 Å². The van der Waals surface area contributed by atoms with Gasteiger partial charge in [0.1, 0.15) is 17.3 Å². The number of halogens is 6. The Kier molecular flexibility index (Phi) is 12.3. The normalized spacial score (nSPS) is 14.9. The molecule has 0 aliphatic carbocycles. The third-order valence-corrected chi connectivity index (χ3v) is 5.71. The topological polar surface area (TPSA) is 0 Å². The van der Waals surface area contributed by atoms with Crippen LogP contribution in [0.2, 0.25) is 0 Å². The fourth-order valence-corrected chi connectivity index (χ4v) is 4.53. The van der Waals surface area contributed by atoms with E-state index in [4.69, 9.17) is 0 Å². The molecule has 0 radical (unpaired) electrons. The first-order valence-corrected chi connectivity index (χ1v) is 12.3. The summed E-state index contributed by atoms with van der Waals surface area (Å²) in [5, 5.41) is 0. The maximum absolute atomic E-state index is 10.7. The molecule has 146 valence electrons. The van der Waals surface area contributed by atoms with Gasteiger partial charge in [0.05, 0.1) is 0 Å². The van der Waals surface area contributed by atoms with Gasteiger partial charge in [0.25, 0.3) is 0 Å². The van der Waals surface area contributed by atoms with E-state index in [1.165, 1.54) is 75.0 Å². The van der Waals surface area contributed by atoms with Crippen molar-refractivity contribution >= 4 is 18.7 Å². The Hall–Kier alpha value is 0.360. The van der Waals surface area contributed by atoms with Gasteiger partial charge in [-0.05, 0) is 36.6 Å². The molecule has 0 aliphatic heterocycles. The Morgan fingerprint density at radius 3 is 1.17 bits per heavy atom. The Morgan fingerprint density at radius 1 is 0.522 bits per heavy atom. The van der Waals surface area contributed by atoms with Gasteiger partial charge < -0.3 is 0 Å². The molecule has 23 heavy (non-hydrogen) atoms. The van der Waals surface area contributed by atoms with Crippen LogP contribution in [-0.4, -0.2) is 17.3 Å². The second-order valence-corrected chi connectivity index (χ2v) is 10.2. The van der Waals surface area contributed by atoms with Crippen LogP contribution in [0.25, 0.3) is 0 Å². The SMILES string of the molecule is CCCCCCC[S+](CCCC)CCCC.F[P-](F)(F)(F)(F)F. The molecule has 0 amide bonds. The molecule has 0 aromatic rings. The van der Waals surface area contributed by atoms with Gasteiger partial charge in [0.15, 0.2) is 0 Å². The van der Waals surface area contributed by atoms with Crippen molar-refractivity contribution in [3.8, 4) is 0 Å². The first kappa shape index (κ1) is 25.6. The summed E-state index contributed by atoms with van der Waals surface area (Å²) in [6, 6.07) is 0. The summed E-state index contributed by atoms with van der Waals surface area (Å²) in [5.74, 6) is 4.57. The first-order valence-electron chi connectivity index (χ1n) is 8.50. The van der Waals surface area contributed by atoms with Gasteiger partial charge in [0, 0.05) is 0 Å². The van der Waals surface area contributed by atoms with Crippen LogP contribution < -0.4 is 0 Å². The van der Waals surface area contributed by atoms with E-state index in [0.717, 1.165) is 10.9 Å². The van der Waals surface area contributed by atoms with Crippen molar-refractivity contribution in [2.45, 2.75) is 78.6 Å². The molecule has 0 bridgehead atoms. The Labute approximate surface area is 140 Å². The second kappa shape index (κ2) is 11.1. The van der Waals surface area contributed by atoms with E-state index in [-0.39, 0.29) is 0 Å². The third kappa shape index (κ3) is 39.3. The molecule has 0 aromatic carbocycles. The van der Waals surface area contributed by atoms with Crippen LogP contribution in [0, 0.1) is 0 Å². The zero-order valence-electron chi connectivity index (χ0n) is 14.6. The van der Waals surface area contributed by atoms with Crippen molar-refractivity contribution < 1.29 is 25.2 Å². The minimum absolute atomic E-state index is 0.770. The molecular formula is C15H33F6PS. The van der Waals surface area contributed by atoms with Crippen molar-refractivity contribution in [2.75, 3.05) is 17.3 Å². The number of hydrogen-bond donors (Lipinski definition) is 0. The van der Waals surface area contributed by atoms with Gasteiger partial charge in [-0.25, -0.2) is 0 Å². The van der Waals surface area contributed by atoms with Gasteiger partial charge in [-0.1, -0.05) is 52.9 Å². The Balaban J connectivity index is 0. The Morgan fingerprint density at radius 2 is 0.826 bits per heavy atom. The van der Waals surface area contributed by atoms with Crippen LogP contribution in [0.3, 0.4) is 0 Å². The van der Waals surface area contributed by atoms with Crippen LogP contribution in [0.1, 0.15) is 78.6 Å². The van der Waals surface area contributed by atoms with Gasteiger partial charge in [-0.2, -0.15) is 0 Å². The summed E-state index contributed by atoms with van der Waals surface area (Å²) in [4.78, 5) is 0. The number of unbranched alkanes of at least 4 members (excludes halogenated alkanes) is 6. The fourth-order valence-electron chi connectivity index (χ4n) is 1.91. The summed E-state index contributed by atoms with van der Waals surface area (Å²) in [6.07, 6.45) is 12.9. The first-order chi connectivity index (χ1) is 10.3. The van der Waals surface area contributed by atoms with Crippen molar-refractivity contribution in [1.82, 2.24) is 0 Å². The van der Waals surface area contributed by atoms with E-state index in [0.29, 0.717) is 0 Å². The van der Waals surface area contributed by atoms with E-state index < -0.39 is 7.81 Å².